The SMILES string of the molecule is Cc1ccc(CNC(=O)c2sc(NC(=O)c3cccc(F)c3)cc2C)c(C)c1. The maximum Gasteiger partial charge on any atom is 0.261 e. The summed E-state index contributed by atoms with van der Waals surface area (Å²) in [7, 11) is 0. The zero-order valence-electron chi connectivity index (χ0n) is 15.9. The molecule has 0 aliphatic rings. The van der Waals surface area contributed by atoms with Crippen molar-refractivity contribution in [1.29, 1.82) is 0 Å². The zero-order valence-corrected chi connectivity index (χ0v) is 16.7. The molecule has 1 heterocycles. The Balaban J connectivity index is 1.67. The molecule has 28 heavy (non-hydrogen) atoms. The second-order valence-electron chi connectivity index (χ2n) is 6.70. The normalized spacial score (nSPS) is 10.6. The maximum absolute atomic E-state index is 13.3. The summed E-state index contributed by atoms with van der Waals surface area (Å²) >= 11 is 1.20. The lowest BCUT2D eigenvalue weighted by Crippen LogP contribution is -2.22. The number of benzene rings is 2. The molecule has 2 N–H and O–H groups in total. The minimum atomic E-state index is -0.471. The van der Waals surface area contributed by atoms with Gasteiger partial charge in [-0.3, -0.25) is 9.59 Å². The summed E-state index contributed by atoms with van der Waals surface area (Å²) < 4.78 is 13.3. The molecule has 0 saturated carbocycles. The zero-order chi connectivity index (χ0) is 20.3. The number of anilines is 1. The van der Waals surface area contributed by atoms with Crippen LogP contribution in [0, 0.1) is 26.6 Å². The quantitative estimate of drug-likeness (QED) is 0.638. The van der Waals surface area contributed by atoms with E-state index in [0.29, 0.717) is 16.4 Å². The predicted molar refractivity (Wildman–Crippen MR) is 110 cm³/mol. The van der Waals surface area contributed by atoms with Crippen LogP contribution >= 0.6 is 11.3 Å². The number of carbonyl (C=O) groups is 2. The highest BCUT2D eigenvalue weighted by Crippen LogP contribution is 2.27. The van der Waals surface area contributed by atoms with Gasteiger partial charge in [0.1, 0.15) is 5.82 Å². The Morgan fingerprint density at radius 1 is 0.964 bits per heavy atom. The van der Waals surface area contributed by atoms with E-state index >= 15 is 0 Å². The molecule has 4 nitrogen and oxygen atoms in total. The monoisotopic (exact) mass is 396 g/mol. The smallest absolute Gasteiger partial charge is 0.261 e. The number of halogens is 1. The van der Waals surface area contributed by atoms with Gasteiger partial charge in [0.25, 0.3) is 11.8 Å². The second kappa shape index (κ2) is 8.35. The van der Waals surface area contributed by atoms with Crippen LogP contribution in [-0.2, 0) is 6.54 Å². The molecule has 0 radical (unpaired) electrons. The lowest BCUT2D eigenvalue weighted by Gasteiger charge is -2.08. The average Bonchev–Trinajstić information content (AvgIpc) is 3.01. The van der Waals surface area contributed by atoms with Crippen LogP contribution in [0.25, 0.3) is 0 Å². The molecule has 0 fully saturated rings. The fraction of sp³-hybridized carbons (Fsp3) is 0.182. The summed E-state index contributed by atoms with van der Waals surface area (Å²) in [5, 5.41) is 6.20. The molecular formula is C22H21FN2O2S. The van der Waals surface area contributed by atoms with Crippen molar-refractivity contribution in [2.45, 2.75) is 27.3 Å². The molecule has 144 valence electrons. The number of aryl methyl sites for hydroxylation is 3. The largest absolute Gasteiger partial charge is 0.347 e. The maximum atomic E-state index is 13.3. The van der Waals surface area contributed by atoms with Crippen molar-refractivity contribution in [3.05, 3.63) is 87.0 Å². The van der Waals surface area contributed by atoms with Crippen molar-refractivity contribution in [2.24, 2.45) is 0 Å². The first-order valence-corrected chi connectivity index (χ1v) is 9.67. The number of rotatable bonds is 5. The van der Waals surface area contributed by atoms with Crippen LogP contribution in [0.2, 0.25) is 0 Å². The van der Waals surface area contributed by atoms with Gasteiger partial charge < -0.3 is 10.6 Å². The Kier molecular flexibility index (Phi) is 5.90. The summed E-state index contributed by atoms with van der Waals surface area (Å²) in [6, 6.07) is 13.3. The Morgan fingerprint density at radius 3 is 2.46 bits per heavy atom. The van der Waals surface area contributed by atoms with E-state index in [2.05, 4.69) is 16.7 Å². The predicted octanol–water partition coefficient (Wildman–Crippen LogP) is 4.99. The molecule has 0 unspecified atom stereocenters. The highest BCUT2D eigenvalue weighted by molar-refractivity contribution is 7.18. The molecule has 0 bridgehead atoms. The third kappa shape index (κ3) is 4.64. The van der Waals surface area contributed by atoms with Crippen LogP contribution in [-0.4, -0.2) is 11.8 Å². The van der Waals surface area contributed by atoms with Crippen LogP contribution in [0.15, 0.2) is 48.5 Å². The molecular weight excluding hydrogens is 375 g/mol. The summed E-state index contributed by atoms with van der Waals surface area (Å²) in [4.78, 5) is 25.4. The van der Waals surface area contributed by atoms with Crippen LogP contribution in [0.5, 0.6) is 0 Å². The molecule has 2 aromatic carbocycles. The molecule has 0 aliphatic carbocycles. The van der Waals surface area contributed by atoms with Gasteiger partial charge >= 0.3 is 0 Å². The summed E-state index contributed by atoms with van der Waals surface area (Å²) in [5.41, 5.74) is 4.38. The molecule has 0 spiro atoms. The summed E-state index contributed by atoms with van der Waals surface area (Å²) in [5.74, 6) is -1.07. The van der Waals surface area contributed by atoms with E-state index in [1.54, 1.807) is 6.07 Å². The van der Waals surface area contributed by atoms with Crippen LogP contribution in [0.3, 0.4) is 0 Å². The van der Waals surface area contributed by atoms with Gasteiger partial charge in [0.2, 0.25) is 0 Å². The minimum Gasteiger partial charge on any atom is -0.347 e. The van der Waals surface area contributed by atoms with Gasteiger partial charge in [0.15, 0.2) is 0 Å². The van der Waals surface area contributed by atoms with E-state index < -0.39 is 11.7 Å². The van der Waals surface area contributed by atoms with Gasteiger partial charge in [0, 0.05) is 12.1 Å². The number of hydrogen-bond acceptors (Lipinski definition) is 3. The van der Waals surface area contributed by atoms with Crippen molar-refractivity contribution in [2.75, 3.05) is 5.32 Å². The Hall–Kier alpha value is -2.99. The van der Waals surface area contributed by atoms with E-state index in [-0.39, 0.29) is 11.5 Å². The number of nitrogens with one attached hydrogen (secondary N) is 2. The molecule has 0 atom stereocenters. The first-order chi connectivity index (χ1) is 13.3. The Bertz CT molecular complexity index is 1040. The summed E-state index contributed by atoms with van der Waals surface area (Å²) in [6.45, 7) is 6.31. The van der Waals surface area contributed by atoms with Crippen molar-refractivity contribution in [3.63, 3.8) is 0 Å². The molecule has 1 aromatic heterocycles. The van der Waals surface area contributed by atoms with Crippen molar-refractivity contribution >= 4 is 28.2 Å². The molecule has 6 heteroatoms. The standard InChI is InChI=1S/C22H21FN2O2S/c1-13-7-8-17(14(2)9-13)12-24-22(27)20-15(3)10-19(28-20)25-21(26)16-5-4-6-18(23)11-16/h4-11H,12H2,1-3H3,(H,24,27)(H,25,26). The Morgan fingerprint density at radius 2 is 1.75 bits per heavy atom. The number of hydrogen-bond donors (Lipinski definition) is 2. The molecule has 0 saturated heterocycles. The number of amides is 2. The molecule has 0 aliphatic heterocycles. The number of carbonyl (C=O) groups excluding carboxylic acids is 2. The first-order valence-electron chi connectivity index (χ1n) is 8.85. The second-order valence-corrected chi connectivity index (χ2v) is 7.75. The Labute approximate surface area is 167 Å². The van der Waals surface area contributed by atoms with E-state index in [1.165, 1.54) is 41.2 Å². The average molecular weight is 396 g/mol. The topological polar surface area (TPSA) is 58.2 Å². The highest BCUT2D eigenvalue weighted by atomic mass is 32.1. The fourth-order valence-electron chi connectivity index (χ4n) is 2.88. The van der Waals surface area contributed by atoms with Gasteiger partial charge in [-0.2, -0.15) is 0 Å². The van der Waals surface area contributed by atoms with Gasteiger partial charge in [-0.1, -0.05) is 29.8 Å². The van der Waals surface area contributed by atoms with Crippen LogP contribution < -0.4 is 10.6 Å². The molecule has 3 aromatic rings. The van der Waals surface area contributed by atoms with Crippen molar-refractivity contribution in [3.8, 4) is 0 Å². The fourth-order valence-corrected chi connectivity index (χ4v) is 3.87. The van der Waals surface area contributed by atoms with Gasteiger partial charge in [-0.05, 0) is 61.7 Å². The van der Waals surface area contributed by atoms with Crippen molar-refractivity contribution < 1.29 is 14.0 Å². The lowest BCUT2D eigenvalue weighted by molar-refractivity contribution is 0.0953. The van der Waals surface area contributed by atoms with E-state index in [9.17, 15) is 14.0 Å². The molecule has 2 amide bonds. The third-order valence-corrected chi connectivity index (χ3v) is 5.54. The lowest BCUT2D eigenvalue weighted by atomic mass is 10.1. The minimum absolute atomic E-state index is 0.186. The molecule has 3 rings (SSSR count). The van der Waals surface area contributed by atoms with Crippen LogP contribution in [0.4, 0.5) is 9.39 Å². The van der Waals surface area contributed by atoms with E-state index in [0.717, 1.165) is 16.7 Å². The highest BCUT2D eigenvalue weighted by Gasteiger charge is 2.16. The summed E-state index contributed by atoms with van der Waals surface area (Å²) in [6.07, 6.45) is 0. The van der Waals surface area contributed by atoms with E-state index in [4.69, 9.17) is 0 Å². The first kappa shape index (κ1) is 19.8. The van der Waals surface area contributed by atoms with E-state index in [1.807, 2.05) is 32.9 Å². The third-order valence-electron chi connectivity index (χ3n) is 4.39. The number of thiophene rings is 1. The van der Waals surface area contributed by atoms with Gasteiger partial charge in [0.05, 0.1) is 9.88 Å². The van der Waals surface area contributed by atoms with Gasteiger partial charge in [-0.25, -0.2) is 4.39 Å². The van der Waals surface area contributed by atoms with Crippen molar-refractivity contribution in [1.82, 2.24) is 5.32 Å². The van der Waals surface area contributed by atoms with Gasteiger partial charge in [-0.15, -0.1) is 11.3 Å². The van der Waals surface area contributed by atoms with Crippen LogP contribution in [0.1, 0.15) is 42.3 Å².